The molecule has 1 N–H and O–H groups in total. The summed E-state index contributed by atoms with van der Waals surface area (Å²) < 4.78 is 0. The Morgan fingerprint density at radius 2 is 1.80 bits per heavy atom. The molecule has 0 saturated heterocycles. The highest BCUT2D eigenvalue weighted by Crippen LogP contribution is 2.22. The molecule has 0 spiro atoms. The number of benzene rings is 2. The zero-order valence-electron chi connectivity index (χ0n) is 11.8. The molecule has 0 aliphatic heterocycles. The fourth-order valence-corrected chi connectivity index (χ4v) is 2.80. The van der Waals surface area contributed by atoms with Gasteiger partial charge in [-0.05, 0) is 73.6 Å². The molecule has 1 amide bonds. The molecule has 0 unspecified atom stereocenters. The van der Waals surface area contributed by atoms with E-state index in [2.05, 4.69) is 17.4 Å². The minimum atomic E-state index is -0.0241. The van der Waals surface area contributed by atoms with Crippen LogP contribution in [0.4, 0.5) is 5.69 Å². The van der Waals surface area contributed by atoms with Crippen molar-refractivity contribution < 1.29 is 4.79 Å². The third kappa shape index (κ3) is 2.74. The standard InChI is InChI=1S/C18H19NO/c1-13-5-4-8-17(11-13)19-18(20)16-10-9-14-6-2-3-7-15(14)12-16/h4-5,8-12H,2-3,6-7H2,1H3,(H,19,20). The number of nitrogens with one attached hydrogen (secondary N) is 1. The second-order valence-electron chi connectivity index (χ2n) is 5.51. The topological polar surface area (TPSA) is 29.1 Å². The first kappa shape index (κ1) is 12.9. The van der Waals surface area contributed by atoms with Crippen LogP contribution in [0.1, 0.15) is 39.9 Å². The van der Waals surface area contributed by atoms with Crippen molar-refractivity contribution in [3.8, 4) is 0 Å². The molecular formula is C18H19NO. The van der Waals surface area contributed by atoms with Gasteiger partial charge in [0.1, 0.15) is 0 Å². The Morgan fingerprint density at radius 1 is 1.00 bits per heavy atom. The van der Waals surface area contributed by atoms with Crippen LogP contribution in [-0.4, -0.2) is 5.91 Å². The first-order chi connectivity index (χ1) is 9.72. The molecule has 2 aromatic rings. The smallest absolute Gasteiger partial charge is 0.255 e. The van der Waals surface area contributed by atoms with Gasteiger partial charge in [0.15, 0.2) is 0 Å². The van der Waals surface area contributed by atoms with E-state index < -0.39 is 0 Å². The summed E-state index contributed by atoms with van der Waals surface area (Å²) >= 11 is 0. The van der Waals surface area contributed by atoms with Gasteiger partial charge in [0.2, 0.25) is 0 Å². The van der Waals surface area contributed by atoms with E-state index >= 15 is 0 Å². The number of hydrogen-bond donors (Lipinski definition) is 1. The predicted octanol–water partition coefficient (Wildman–Crippen LogP) is 4.13. The second kappa shape index (κ2) is 5.49. The van der Waals surface area contributed by atoms with Crippen LogP contribution in [0.15, 0.2) is 42.5 Å². The van der Waals surface area contributed by atoms with Gasteiger partial charge in [-0.2, -0.15) is 0 Å². The summed E-state index contributed by atoms with van der Waals surface area (Å²) in [5.41, 5.74) is 5.50. The van der Waals surface area contributed by atoms with Gasteiger partial charge in [0, 0.05) is 11.3 Å². The molecule has 1 aliphatic carbocycles. The lowest BCUT2D eigenvalue weighted by Gasteiger charge is -2.16. The van der Waals surface area contributed by atoms with Crippen molar-refractivity contribution >= 4 is 11.6 Å². The molecule has 102 valence electrons. The largest absolute Gasteiger partial charge is 0.322 e. The molecule has 0 saturated carbocycles. The van der Waals surface area contributed by atoms with Crippen LogP contribution in [0.25, 0.3) is 0 Å². The van der Waals surface area contributed by atoms with E-state index in [9.17, 15) is 4.79 Å². The number of rotatable bonds is 2. The lowest BCUT2D eigenvalue weighted by atomic mass is 9.90. The Labute approximate surface area is 119 Å². The van der Waals surface area contributed by atoms with Gasteiger partial charge in [0.25, 0.3) is 5.91 Å². The Balaban J connectivity index is 1.80. The molecule has 2 aromatic carbocycles. The molecule has 0 bridgehead atoms. The second-order valence-corrected chi connectivity index (χ2v) is 5.51. The van der Waals surface area contributed by atoms with Crippen molar-refractivity contribution in [2.45, 2.75) is 32.6 Å². The number of carbonyl (C=O) groups is 1. The summed E-state index contributed by atoms with van der Waals surface area (Å²) in [6.07, 6.45) is 4.74. The fourth-order valence-electron chi connectivity index (χ4n) is 2.80. The number of hydrogen-bond acceptors (Lipinski definition) is 1. The molecule has 3 rings (SSSR count). The van der Waals surface area contributed by atoms with Gasteiger partial charge in [-0.1, -0.05) is 18.2 Å². The lowest BCUT2D eigenvalue weighted by molar-refractivity contribution is 0.102. The molecular weight excluding hydrogens is 246 g/mol. The summed E-state index contributed by atoms with van der Waals surface area (Å²) in [6.45, 7) is 2.02. The molecule has 0 fully saturated rings. The van der Waals surface area contributed by atoms with Crippen molar-refractivity contribution in [3.05, 3.63) is 64.7 Å². The molecule has 2 nitrogen and oxygen atoms in total. The quantitative estimate of drug-likeness (QED) is 0.869. The van der Waals surface area contributed by atoms with Gasteiger partial charge >= 0.3 is 0 Å². The highest BCUT2D eigenvalue weighted by molar-refractivity contribution is 6.04. The van der Waals surface area contributed by atoms with Crippen LogP contribution >= 0.6 is 0 Å². The van der Waals surface area contributed by atoms with Crippen LogP contribution in [0.3, 0.4) is 0 Å². The third-order valence-corrected chi connectivity index (χ3v) is 3.89. The molecule has 1 aliphatic rings. The highest BCUT2D eigenvalue weighted by atomic mass is 16.1. The van der Waals surface area contributed by atoms with Crippen molar-refractivity contribution in [2.24, 2.45) is 0 Å². The third-order valence-electron chi connectivity index (χ3n) is 3.89. The SMILES string of the molecule is Cc1cccc(NC(=O)c2ccc3c(c2)CCCC3)c1. The average Bonchev–Trinajstić information content (AvgIpc) is 2.47. The molecule has 0 radical (unpaired) electrons. The number of aryl methyl sites for hydroxylation is 3. The van der Waals surface area contributed by atoms with E-state index in [1.807, 2.05) is 37.3 Å². The van der Waals surface area contributed by atoms with Gasteiger partial charge < -0.3 is 5.32 Å². The number of amides is 1. The minimum absolute atomic E-state index is 0.0241. The van der Waals surface area contributed by atoms with E-state index in [-0.39, 0.29) is 5.91 Å². The minimum Gasteiger partial charge on any atom is -0.322 e. The van der Waals surface area contributed by atoms with Crippen LogP contribution < -0.4 is 5.32 Å². The summed E-state index contributed by atoms with van der Waals surface area (Å²) in [5.74, 6) is -0.0241. The molecule has 2 heteroatoms. The maximum atomic E-state index is 12.3. The van der Waals surface area contributed by atoms with Crippen LogP contribution in [0, 0.1) is 6.92 Å². The van der Waals surface area contributed by atoms with Crippen LogP contribution in [0.5, 0.6) is 0 Å². The monoisotopic (exact) mass is 265 g/mol. The summed E-state index contributed by atoms with van der Waals surface area (Å²) in [6, 6.07) is 14.0. The summed E-state index contributed by atoms with van der Waals surface area (Å²) in [4.78, 5) is 12.3. The Hall–Kier alpha value is -2.09. The van der Waals surface area contributed by atoms with E-state index in [0.717, 1.165) is 29.7 Å². The molecule has 20 heavy (non-hydrogen) atoms. The zero-order valence-corrected chi connectivity index (χ0v) is 11.8. The van der Waals surface area contributed by atoms with Gasteiger partial charge in [0.05, 0.1) is 0 Å². The maximum absolute atomic E-state index is 12.3. The van der Waals surface area contributed by atoms with Gasteiger partial charge in [-0.15, -0.1) is 0 Å². The van der Waals surface area contributed by atoms with Crippen molar-refractivity contribution in [2.75, 3.05) is 5.32 Å². The Bertz CT molecular complexity index is 646. The number of anilines is 1. The van der Waals surface area contributed by atoms with E-state index in [1.165, 1.54) is 24.0 Å². The van der Waals surface area contributed by atoms with Gasteiger partial charge in [-0.25, -0.2) is 0 Å². The van der Waals surface area contributed by atoms with E-state index in [1.54, 1.807) is 0 Å². The maximum Gasteiger partial charge on any atom is 0.255 e. The van der Waals surface area contributed by atoms with E-state index in [0.29, 0.717) is 0 Å². The number of carbonyl (C=O) groups excluding carboxylic acids is 1. The predicted molar refractivity (Wildman–Crippen MR) is 82.2 cm³/mol. The first-order valence-electron chi connectivity index (χ1n) is 7.22. The van der Waals surface area contributed by atoms with Crippen molar-refractivity contribution in [1.82, 2.24) is 0 Å². The zero-order chi connectivity index (χ0) is 13.9. The number of fused-ring (bicyclic) bond motifs is 1. The normalized spacial score (nSPS) is 13.7. The van der Waals surface area contributed by atoms with Crippen molar-refractivity contribution in [3.63, 3.8) is 0 Å². The van der Waals surface area contributed by atoms with Crippen molar-refractivity contribution in [1.29, 1.82) is 0 Å². The summed E-state index contributed by atoms with van der Waals surface area (Å²) in [5, 5.41) is 2.97. The summed E-state index contributed by atoms with van der Waals surface area (Å²) in [7, 11) is 0. The lowest BCUT2D eigenvalue weighted by Crippen LogP contribution is -2.13. The Kier molecular flexibility index (Phi) is 3.55. The first-order valence-corrected chi connectivity index (χ1v) is 7.22. The van der Waals surface area contributed by atoms with E-state index in [4.69, 9.17) is 0 Å². The average molecular weight is 265 g/mol. The van der Waals surface area contributed by atoms with Gasteiger partial charge in [-0.3, -0.25) is 4.79 Å². The van der Waals surface area contributed by atoms with Crippen LogP contribution in [-0.2, 0) is 12.8 Å². The Morgan fingerprint density at radius 3 is 2.60 bits per heavy atom. The molecule has 0 aromatic heterocycles. The van der Waals surface area contributed by atoms with Crippen LogP contribution in [0.2, 0.25) is 0 Å². The fraction of sp³-hybridized carbons (Fsp3) is 0.278. The molecule has 0 heterocycles. The highest BCUT2D eigenvalue weighted by Gasteiger charge is 2.12. The molecule has 0 atom stereocenters.